The van der Waals surface area contributed by atoms with Gasteiger partial charge in [-0.2, -0.15) is 0 Å². The number of ether oxygens (including phenoxy) is 1. The molecule has 2 aromatic carbocycles. The Bertz CT molecular complexity index is 1320. The van der Waals surface area contributed by atoms with Gasteiger partial charge in [0.15, 0.2) is 0 Å². The highest BCUT2D eigenvalue weighted by Crippen LogP contribution is 2.26. The van der Waals surface area contributed by atoms with Gasteiger partial charge in [-0.1, -0.05) is 29.8 Å². The van der Waals surface area contributed by atoms with E-state index in [4.69, 9.17) is 4.98 Å². The van der Waals surface area contributed by atoms with Gasteiger partial charge in [0, 0.05) is 23.5 Å². The lowest BCUT2D eigenvalue weighted by Crippen LogP contribution is -2.08. The fourth-order valence-corrected chi connectivity index (χ4v) is 3.39. The number of nitrogens with one attached hydrogen (secondary N) is 1. The van der Waals surface area contributed by atoms with Crippen LogP contribution in [0.2, 0.25) is 0 Å². The minimum atomic E-state index is -0.422. The highest BCUT2D eigenvalue weighted by molar-refractivity contribution is 6.02. The Morgan fingerprint density at radius 2 is 1.69 bits per heavy atom. The number of imidazole rings is 1. The monoisotopic (exact) mass is 425 g/mol. The Labute approximate surface area is 186 Å². The van der Waals surface area contributed by atoms with E-state index in [-0.39, 0.29) is 5.91 Å². The summed E-state index contributed by atoms with van der Waals surface area (Å²) in [7, 11) is 1.33. The van der Waals surface area contributed by atoms with Crippen molar-refractivity contribution in [3.8, 4) is 11.3 Å². The molecule has 0 unspecified atom stereocenters. The fraction of sp³-hybridized carbons (Fsp3) is 0.115. The molecule has 4 aromatic rings. The number of fused-ring (bicyclic) bond motifs is 1. The van der Waals surface area contributed by atoms with E-state index >= 15 is 0 Å². The molecule has 2 aromatic heterocycles. The number of methoxy groups -OCH3 is 1. The first-order valence-corrected chi connectivity index (χ1v) is 10.2. The summed E-state index contributed by atoms with van der Waals surface area (Å²) in [6, 6.07) is 18.7. The largest absolute Gasteiger partial charge is 0.465 e. The number of nitrogens with zero attached hydrogens (tertiary/aromatic N) is 2. The van der Waals surface area contributed by atoms with Gasteiger partial charge in [0.2, 0.25) is 5.91 Å². The maximum atomic E-state index is 12.5. The van der Waals surface area contributed by atoms with Crippen molar-refractivity contribution in [2.24, 2.45) is 0 Å². The van der Waals surface area contributed by atoms with Crippen LogP contribution in [0.4, 0.5) is 5.69 Å². The van der Waals surface area contributed by atoms with E-state index in [1.807, 2.05) is 60.8 Å². The Kier molecular flexibility index (Phi) is 5.85. The van der Waals surface area contributed by atoms with Crippen LogP contribution in [0.3, 0.4) is 0 Å². The molecule has 160 valence electrons. The van der Waals surface area contributed by atoms with Crippen molar-refractivity contribution >= 4 is 29.3 Å². The van der Waals surface area contributed by atoms with Crippen molar-refractivity contribution in [2.75, 3.05) is 12.4 Å². The third kappa shape index (κ3) is 4.44. The number of aryl methyl sites for hydroxylation is 2. The Morgan fingerprint density at radius 1 is 0.969 bits per heavy atom. The van der Waals surface area contributed by atoms with Gasteiger partial charge in [0.1, 0.15) is 5.65 Å². The molecule has 4 rings (SSSR count). The SMILES string of the molecule is COC(=O)c1ccc(NC(=O)/C=C/c2c(-c3ccc(C)cc3)nc3cc(C)ccn23)cc1. The average Bonchev–Trinajstić information content (AvgIpc) is 3.15. The molecule has 0 atom stereocenters. The number of carbonyl (C=O) groups is 2. The zero-order valence-corrected chi connectivity index (χ0v) is 18.1. The lowest BCUT2D eigenvalue weighted by Gasteiger charge is -2.04. The molecule has 6 nitrogen and oxygen atoms in total. The van der Waals surface area contributed by atoms with Crippen molar-refractivity contribution in [2.45, 2.75) is 13.8 Å². The molecule has 1 N–H and O–H groups in total. The van der Waals surface area contributed by atoms with Crippen LogP contribution >= 0.6 is 0 Å². The molecule has 1 amide bonds. The zero-order chi connectivity index (χ0) is 22.7. The predicted octanol–water partition coefficient (Wildman–Crippen LogP) is 5.06. The van der Waals surface area contributed by atoms with Gasteiger partial charge in [0.25, 0.3) is 0 Å². The number of pyridine rings is 1. The highest BCUT2D eigenvalue weighted by atomic mass is 16.5. The van der Waals surface area contributed by atoms with Crippen molar-refractivity contribution in [3.05, 3.63) is 95.3 Å². The molecule has 2 heterocycles. The summed E-state index contributed by atoms with van der Waals surface area (Å²) >= 11 is 0. The van der Waals surface area contributed by atoms with Crippen molar-refractivity contribution in [1.82, 2.24) is 9.38 Å². The lowest BCUT2D eigenvalue weighted by atomic mass is 10.1. The van der Waals surface area contributed by atoms with Crippen molar-refractivity contribution < 1.29 is 14.3 Å². The van der Waals surface area contributed by atoms with Crippen molar-refractivity contribution in [1.29, 1.82) is 0 Å². The number of amides is 1. The Balaban J connectivity index is 1.62. The molecular weight excluding hydrogens is 402 g/mol. The molecule has 6 heteroatoms. The van der Waals surface area contributed by atoms with Gasteiger partial charge < -0.3 is 10.1 Å². The van der Waals surface area contributed by atoms with Gasteiger partial charge >= 0.3 is 5.97 Å². The maximum absolute atomic E-state index is 12.5. The molecule has 0 aliphatic carbocycles. The third-order valence-electron chi connectivity index (χ3n) is 5.11. The first kappa shape index (κ1) is 21.1. The summed E-state index contributed by atoms with van der Waals surface area (Å²) in [6.07, 6.45) is 5.20. The first-order chi connectivity index (χ1) is 15.4. The van der Waals surface area contributed by atoms with Crippen LogP contribution in [0.5, 0.6) is 0 Å². The predicted molar refractivity (Wildman–Crippen MR) is 126 cm³/mol. The second-order valence-corrected chi connectivity index (χ2v) is 7.54. The standard InChI is InChI=1S/C26H23N3O3/c1-17-4-6-19(7-5-17)25-22(29-15-14-18(2)16-23(29)28-25)12-13-24(30)27-21-10-8-20(9-11-21)26(31)32-3/h4-16H,1-3H3,(H,27,30)/b13-12+. The minimum absolute atomic E-state index is 0.285. The summed E-state index contributed by atoms with van der Waals surface area (Å²) in [6.45, 7) is 4.06. The van der Waals surface area contributed by atoms with Crippen LogP contribution in [0, 0.1) is 13.8 Å². The Hall–Kier alpha value is -4.19. The molecule has 0 aliphatic rings. The van der Waals surface area contributed by atoms with Gasteiger partial charge in [-0.25, -0.2) is 9.78 Å². The number of carbonyl (C=O) groups excluding carboxylic acids is 2. The van der Waals surface area contributed by atoms with E-state index in [0.29, 0.717) is 11.3 Å². The number of hydrogen-bond donors (Lipinski definition) is 1. The van der Waals surface area contributed by atoms with Crippen molar-refractivity contribution in [3.63, 3.8) is 0 Å². The number of benzene rings is 2. The molecule has 0 radical (unpaired) electrons. The van der Waals surface area contributed by atoms with E-state index < -0.39 is 5.97 Å². The molecule has 0 saturated carbocycles. The van der Waals surface area contributed by atoms with E-state index in [0.717, 1.165) is 28.2 Å². The number of anilines is 1. The van der Waals surface area contributed by atoms with Gasteiger partial charge in [-0.15, -0.1) is 0 Å². The molecule has 0 saturated heterocycles. The molecule has 0 fully saturated rings. The third-order valence-corrected chi connectivity index (χ3v) is 5.11. The van der Waals surface area contributed by atoms with E-state index in [9.17, 15) is 9.59 Å². The highest BCUT2D eigenvalue weighted by Gasteiger charge is 2.13. The first-order valence-electron chi connectivity index (χ1n) is 10.2. The number of esters is 1. The zero-order valence-electron chi connectivity index (χ0n) is 18.1. The van der Waals surface area contributed by atoms with Crippen LogP contribution in [-0.4, -0.2) is 28.4 Å². The number of hydrogen-bond acceptors (Lipinski definition) is 4. The molecule has 32 heavy (non-hydrogen) atoms. The van der Waals surface area contributed by atoms with E-state index in [2.05, 4.69) is 10.1 Å². The van der Waals surface area contributed by atoms with Crippen LogP contribution in [0.25, 0.3) is 23.0 Å². The smallest absolute Gasteiger partial charge is 0.337 e. The van der Waals surface area contributed by atoms with Crippen LogP contribution in [0.15, 0.2) is 72.9 Å². The summed E-state index contributed by atoms with van der Waals surface area (Å²) < 4.78 is 6.66. The molecule has 0 bridgehead atoms. The maximum Gasteiger partial charge on any atom is 0.337 e. The normalized spacial score (nSPS) is 11.1. The molecule has 0 spiro atoms. The summed E-state index contributed by atoms with van der Waals surface area (Å²) in [4.78, 5) is 28.9. The second-order valence-electron chi connectivity index (χ2n) is 7.54. The quantitative estimate of drug-likeness (QED) is 0.358. The summed E-state index contributed by atoms with van der Waals surface area (Å²) in [5, 5.41) is 2.80. The summed E-state index contributed by atoms with van der Waals surface area (Å²) in [5.41, 5.74) is 6.71. The van der Waals surface area contributed by atoms with Crippen LogP contribution in [0.1, 0.15) is 27.2 Å². The fourth-order valence-electron chi connectivity index (χ4n) is 3.39. The number of rotatable bonds is 5. The van der Waals surface area contributed by atoms with Gasteiger partial charge in [-0.05, 0) is 61.9 Å². The van der Waals surface area contributed by atoms with Gasteiger partial charge in [-0.3, -0.25) is 9.20 Å². The topological polar surface area (TPSA) is 72.7 Å². The summed E-state index contributed by atoms with van der Waals surface area (Å²) in [5.74, 6) is -0.706. The number of aromatic nitrogens is 2. The minimum Gasteiger partial charge on any atom is -0.465 e. The lowest BCUT2D eigenvalue weighted by molar-refractivity contribution is -0.111. The van der Waals surface area contributed by atoms with Gasteiger partial charge in [0.05, 0.1) is 24.1 Å². The van der Waals surface area contributed by atoms with E-state index in [1.165, 1.54) is 18.7 Å². The van der Waals surface area contributed by atoms with Crippen LogP contribution in [-0.2, 0) is 9.53 Å². The second kappa shape index (κ2) is 8.89. The van der Waals surface area contributed by atoms with Crippen LogP contribution < -0.4 is 5.32 Å². The Morgan fingerprint density at radius 3 is 2.38 bits per heavy atom. The average molecular weight is 425 g/mol. The molecular formula is C26H23N3O3. The van der Waals surface area contributed by atoms with E-state index in [1.54, 1.807) is 30.3 Å². The molecule has 0 aliphatic heterocycles.